The summed E-state index contributed by atoms with van der Waals surface area (Å²) in [5.74, 6) is -2.15. The Bertz CT molecular complexity index is 1750. The average molecular weight is 1120 g/mol. The van der Waals surface area contributed by atoms with Gasteiger partial charge in [-0.05, 0) is 17.9 Å². The van der Waals surface area contributed by atoms with E-state index in [2.05, 4.69) is 159 Å². The van der Waals surface area contributed by atoms with Crippen molar-refractivity contribution >= 4 is 71.4 Å². The van der Waals surface area contributed by atoms with E-state index in [1.165, 1.54) is 62.2 Å². The number of carbonyl (C=O) groups is 2. The van der Waals surface area contributed by atoms with Crippen LogP contribution in [0.25, 0.3) is 0 Å². The van der Waals surface area contributed by atoms with E-state index in [-0.39, 0.29) is 28.8 Å². The van der Waals surface area contributed by atoms with Gasteiger partial charge in [-0.15, -0.1) is 0 Å². The van der Waals surface area contributed by atoms with Crippen LogP contribution in [0, 0.1) is 11.3 Å². The van der Waals surface area contributed by atoms with Gasteiger partial charge in [0, 0.05) is 5.41 Å². The topological polar surface area (TPSA) is 71.1 Å². The zero-order valence-corrected chi connectivity index (χ0v) is 48.4. The molecule has 2 aromatic carbocycles. The number of hydrogen-bond acceptors (Lipinski definition) is 6. The standard InChI is InChI=1S/C43H60IO6Si.3C4H9.Sn/c1-12-13-24-37(45)36(39(46)50-40(3,4)5)29-33(32(2)25-26-38-43(11,27-28-44)31-47-42(9,10)49-38)30-48-51(41(6,7)8,34-20-16-14-17-21-34)35-22-18-15-19-23-35;3*1-3-4-2;/h1,12,14-23,27-28,36,38H,13,24-26,29-31H2,2-11H3;3*1,3-4H2,2H3;/b12-1?,28-27+,33-32-;;;;/t36?,38-,43-;;;;/m1..../s1. The summed E-state index contributed by atoms with van der Waals surface area (Å²) in [5.41, 5.74) is 1.06. The van der Waals surface area contributed by atoms with Crippen molar-refractivity contribution in [3.05, 3.63) is 92.1 Å². The van der Waals surface area contributed by atoms with Crippen LogP contribution in [-0.4, -0.2) is 69.2 Å². The molecule has 1 aliphatic rings. The third-order valence-electron chi connectivity index (χ3n) is 13.2. The monoisotopic (exact) mass is 1120 g/mol. The van der Waals surface area contributed by atoms with Crippen molar-refractivity contribution in [1.82, 2.24) is 0 Å². The fourth-order valence-electron chi connectivity index (χ4n) is 9.35. The summed E-state index contributed by atoms with van der Waals surface area (Å²) in [6, 6.07) is 21.4. The number of esters is 1. The maximum atomic E-state index is 14.7. The van der Waals surface area contributed by atoms with E-state index < -0.39 is 50.0 Å². The third-order valence-corrected chi connectivity index (χ3v) is 32.8. The predicted octanol–water partition coefficient (Wildman–Crippen LogP) is 14.4. The van der Waals surface area contributed by atoms with Gasteiger partial charge >= 0.3 is 251 Å². The van der Waals surface area contributed by atoms with Gasteiger partial charge in [-0.3, -0.25) is 0 Å². The van der Waals surface area contributed by atoms with Gasteiger partial charge in [0.05, 0.1) is 6.61 Å². The Labute approximate surface area is 409 Å². The second-order valence-corrected chi connectivity index (χ2v) is 39.4. The molecule has 0 bridgehead atoms. The number of ether oxygens (including phenoxy) is 3. The van der Waals surface area contributed by atoms with Crippen LogP contribution in [0.5, 0.6) is 0 Å². The molecule has 0 saturated carbocycles. The minimum atomic E-state index is -2.97. The maximum absolute atomic E-state index is 14.7. The fraction of sp³-hybridized carbons (Fsp3) is 0.636. The molecule has 2 aromatic rings. The summed E-state index contributed by atoms with van der Waals surface area (Å²) in [4.78, 5) is 29.1. The van der Waals surface area contributed by atoms with Gasteiger partial charge < -0.3 is 9.47 Å². The number of halogens is 1. The quantitative estimate of drug-likeness (QED) is 0.0307. The van der Waals surface area contributed by atoms with Crippen LogP contribution >= 0.6 is 22.6 Å². The first-order valence-corrected chi connectivity index (χ1v) is 35.4. The van der Waals surface area contributed by atoms with Crippen molar-refractivity contribution in [2.75, 3.05) is 13.2 Å². The van der Waals surface area contributed by atoms with Crippen molar-refractivity contribution < 1.29 is 28.2 Å². The van der Waals surface area contributed by atoms with Gasteiger partial charge in [0.25, 0.3) is 0 Å². The van der Waals surface area contributed by atoms with Crippen molar-refractivity contribution in [3.63, 3.8) is 0 Å². The number of allylic oxidation sites excluding steroid dienone is 2. The predicted molar refractivity (Wildman–Crippen MR) is 284 cm³/mol. The normalized spacial score (nSPS) is 19.5. The Morgan fingerprint density at radius 1 is 0.859 bits per heavy atom. The van der Waals surface area contributed by atoms with Crippen LogP contribution in [-0.2, 0) is 28.2 Å². The van der Waals surface area contributed by atoms with Crippen LogP contribution in [0.3, 0.4) is 0 Å². The summed E-state index contributed by atoms with van der Waals surface area (Å²) in [6.45, 7) is 28.6. The molecule has 1 unspecified atom stereocenters. The summed E-state index contributed by atoms with van der Waals surface area (Å²) in [6.07, 6.45) is 14.7. The second kappa shape index (κ2) is 26.3. The van der Waals surface area contributed by atoms with Crippen LogP contribution in [0.1, 0.15) is 161 Å². The number of rotatable bonds is 26. The van der Waals surface area contributed by atoms with Crippen molar-refractivity contribution in [1.29, 1.82) is 0 Å². The minimum absolute atomic E-state index is 0.0552. The number of benzene rings is 2. The Morgan fingerprint density at radius 3 is 1.86 bits per heavy atom. The summed E-state index contributed by atoms with van der Waals surface area (Å²) in [5, 5.41) is 2.13. The number of Topliss-reactive ketones (excluding diaryl/α,β-unsaturated/α-hetero) is 1. The van der Waals surface area contributed by atoms with Crippen molar-refractivity contribution in [3.8, 4) is 0 Å². The summed E-state index contributed by atoms with van der Waals surface area (Å²) >= 11 is -0.263. The molecule has 3 atom stereocenters. The number of unbranched alkanes of at least 4 members (excludes halogenated alkanes) is 3. The molecular weight excluding hydrogens is 1030 g/mol. The Balaban J connectivity index is 2.14. The summed E-state index contributed by atoms with van der Waals surface area (Å²) < 4.78 is 35.4. The fourth-order valence-corrected chi connectivity index (χ4v) is 29.2. The van der Waals surface area contributed by atoms with Crippen LogP contribution in [0.15, 0.2) is 92.1 Å². The first kappa shape index (κ1) is 56.7. The van der Waals surface area contributed by atoms with Crippen LogP contribution in [0.4, 0.5) is 0 Å². The molecule has 0 radical (unpaired) electrons. The van der Waals surface area contributed by atoms with Gasteiger partial charge in [0.15, 0.2) is 5.79 Å². The Hall–Kier alpha value is -1.57. The molecule has 0 amide bonds. The van der Waals surface area contributed by atoms with Gasteiger partial charge in [-0.2, -0.15) is 0 Å². The number of ketones is 1. The molecule has 3 rings (SSSR count). The number of carbonyl (C=O) groups excluding carboxylic acids is 2. The molecule has 64 heavy (non-hydrogen) atoms. The zero-order chi connectivity index (χ0) is 47.7. The van der Waals surface area contributed by atoms with E-state index in [1.54, 1.807) is 0 Å². The first-order chi connectivity index (χ1) is 30.1. The van der Waals surface area contributed by atoms with E-state index in [4.69, 9.17) is 18.6 Å². The zero-order valence-electron chi connectivity index (χ0n) is 42.4. The molecule has 1 heterocycles. The van der Waals surface area contributed by atoms with Gasteiger partial charge in [-0.1, -0.05) is 117 Å². The molecule has 0 spiro atoms. The average Bonchev–Trinajstić information content (AvgIpc) is 3.24. The van der Waals surface area contributed by atoms with Crippen LogP contribution in [0.2, 0.25) is 18.3 Å². The Morgan fingerprint density at radius 2 is 1.39 bits per heavy atom. The molecule has 9 heteroatoms. The number of hydrogen-bond donors (Lipinski definition) is 0. The van der Waals surface area contributed by atoms with Gasteiger partial charge in [-0.25, -0.2) is 0 Å². The van der Waals surface area contributed by atoms with Crippen LogP contribution < -0.4 is 10.4 Å². The SMILES string of the molecule is CCC[CH2][Sn](/[CH]=C/CCC(=O)C(C/C(CO[Si](c1ccccc1)(c1ccccc1)C(C)(C)C)=C(\C)CC[C@H]1OC(C)(C)OC[C@@]1(C)/C=C/I)C(=O)OC(C)(C)C)([CH2]CCC)[CH2]CCC. The Kier molecular flexibility index (Phi) is 23.3. The molecule has 0 aromatic heterocycles. The van der Waals surface area contributed by atoms with Gasteiger partial charge in [0.1, 0.15) is 0 Å². The molecule has 6 nitrogen and oxygen atoms in total. The van der Waals surface area contributed by atoms with E-state index in [9.17, 15) is 9.59 Å². The summed E-state index contributed by atoms with van der Waals surface area (Å²) in [7, 11) is -2.97. The van der Waals surface area contributed by atoms with E-state index >= 15 is 0 Å². The molecule has 0 N–H and O–H groups in total. The van der Waals surface area contributed by atoms with E-state index in [1.807, 2.05) is 34.6 Å². The molecule has 1 saturated heterocycles. The molecule has 358 valence electrons. The van der Waals surface area contributed by atoms with E-state index in [0.29, 0.717) is 32.5 Å². The second-order valence-electron chi connectivity index (χ2n) is 21.3. The van der Waals surface area contributed by atoms with E-state index in [0.717, 1.165) is 17.6 Å². The van der Waals surface area contributed by atoms with Gasteiger partial charge in [0.2, 0.25) is 0 Å². The molecule has 0 aliphatic carbocycles. The third kappa shape index (κ3) is 16.9. The first-order valence-electron chi connectivity index (χ1n) is 24.6. The van der Waals surface area contributed by atoms with Crippen molar-refractivity contribution in [2.24, 2.45) is 11.3 Å². The molecule has 1 aliphatic heterocycles. The van der Waals surface area contributed by atoms with Crippen molar-refractivity contribution in [2.45, 2.75) is 196 Å². The molecular formula is C55H87IO6SiSn. The molecule has 1 fully saturated rings.